The van der Waals surface area contributed by atoms with Gasteiger partial charge in [-0.3, -0.25) is 4.68 Å². The predicted octanol–water partition coefficient (Wildman–Crippen LogP) is 2.99. The molecule has 0 saturated carbocycles. The third-order valence-electron chi connectivity index (χ3n) is 2.82. The van der Waals surface area contributed by atoms with Gasteiger partial charge in [-0.1, -0.05) is 12.1 Å². The molecule has 0 aliphatic rings. The average Bonchev–Trinajstić information content (AvgIpc) is 3.04. The van der Waals surface area contributed by atoms with Crippen LogP contribution in [0.3, 0.4) is 0 Å². The highest BCUT2D eigenvalue weighted by Crippen LogP contribution is 2.28. The van der Waals surface area contributed by atoms with Gasteiger partial charge in [-0.05, 0) is 24.3 Å². The van der Waals surface area contributed by atoms with Gasteiger partial charge in [0, 0.05) is 17.8 Å². The van der Waals surface area contributed by atoms with Crippen LogP contribution in [0.5, 0.6) is 5.75 Å². The molecule has 2 aromatic heterocycles. The SMILES string of the molecule is COc1cccc2cc(CNn3cccc3)oc12. The molecule has 0 saturated heterocycles. The lowest BCUT2D eigenvalue weighted by Gasteiger charge is -2.04. The maximum absolute atomic E-state index is 5.79. The first-order chi connectivity index (χ1) is 8.86. The summed E-state index contributed by atoms with van der Waals surface area (Å²) in [6.07, 6.45) is 3.90. The highest BCUT2D eigenvalue weighted by atomic mass is 16.5. The molecule has 0 spiro atoms. The lowest BCUT2D eigenvalue weighted by molar-refractivity contribution is 0.407. The molecule has 0 aliphatic heterocycles. The number of para-hydroxylation sites is 1. The number of furan rings is 1. The summed E-state index contributed by atoms with van der Waals surface area (Å²) in [4.78, 5) is 0. The first kappa shape index (κ1) is 10.8. The summed E-state index contributed by atoms with van der Waals surface area (Å²) < 4.78 is 13.0. The van der Waals surface area contributed by atoms with E-state index in [1.54, 1.807) is 7.11 Å². The maximum atomic E-state index is 5.79. The van der Waals surface area contributed by atoms with Crippen molar-refractivity contribution in [2.75, 3.05) is 12.5 Å². The van der Waals surface area contributed by atoms with E-state index in [9.17, 15) is 0 Å². The molecular formula is C14H14N2O2. The Morgan fingerprint density at radius 2 is 2.06 bits per heavy atom. The number of ether oxygens (including phenoxy) is 1. The number of hydrogen-bond acceptors (Lipinski definition) is 3. The van der Waals surface area contributed by atoms with Crippen LogP contribution in [0.1, 0.15) is 5.76 Å². The number of aromatic nitrogens is 1. The van der Waals surface area contributed by atoms with Crippen molar-refractivity contribution in [2.45, 2.75) is 6.54 Å². The molecule has 0 radical (unpaired) electrons. The topological polar surface area (TPSA) is 39.3 Å². The van der Waals surface area contributed by atoms with Gasteiger partial charge in [0.15, 0.2) is 11.3 Å². The monoisotopic (exact) mass is 242 g/mol. The molecule has 2 heterocycles. The predicted molar refractivity (Wildman–Crippen MR) is 70.3 cm³/mol. The molecule has 3 aromatic rings. The Balaban J connectivity index is 1.85. The second-order valence-electron chi connectivity index (χ2n) is 4.02. The summed E-state index contributed by atoms with van der Waals surface area (Å²) >= 11 is 0. The van der Waals surface area contributed by atoms with Gasteiger partial charge < -0.3 is 14.6 Å². The molecule has 0 unspecified atom stereocenters. The number of nitrogens with one attached hydrogen (secondary N) is 1. The van der Waals surface area contributed by atoms with Crippen LogP contribution in [0.2, 0.25) is 0 Å². The van der Waals surface area contributed by atoms with Crippen molar-refractivity contribution in [1.82, 2.24) is 4.68 Å². The van der Waals surface area contributed by atoms with Crippen molar-refractivity contribution in [3.63, 3.8) is 0 Å². The van der Waals surface area contributed by atoms with Gasteiger partial charge in [0.2, 0.25) is 0 Å². The van der Waals surface area contributed by atoms with E-state index < -0.39 is 0 Å². The summed E-state index contributed by atoms with van der Waals surface area (Å²) in [5.41, 5.74) is 4.02. The van der Waals surface area contributed by atoms with Crippen LogP contribution in [0.25, 0.3) is 11.0 Å². The first-order valence-electron chi connectivity index (χ1n) is 5.79. The van der Waals surface area contributed by atoms with E-state index in [1.807, 2.05) is 53.5 Å². The zero-order chi connectivity index (χ0) is 12.4. The van der Waals surface area contributed by atoms with Gasteiger partial charge >= 0.3 is 0 Å². The maximum Gasteiger partial charge on any atom is 0.176 e. The summed E-state index contributed by atoms with van der Waals surface area (Å²) in [7, 11) is 1.65. The summed E-state index contributed by atoms with van der Waals surface area (Å²) in [6.45, 7) is 0.631. The molecular weight excluding hydrogens is 228 g/mol. The molecule has 0 atom stereocenters. The van der Waals surface area contributed by atoms with Crippen molar-refractivity contribution < 1.29 is 9.15 Å². The van der Waals surface area contributed by atoms with Crippen LogP contribution in [-0.4, -0.2) is 11.8 Å². The highest BCUT2D eigenvalue weighted by Gasteiger charge is 2.07. The van der Waals surface area contributed by atoms with Gasteiger partial charge in [0.1, 0.15) is 5.76 Å². The van der Waals surface area contributed by atoms with Crippen LogP contribution in [0.4, 0.5) is 0 Å². The van der Waals surface area contributed by atoms with Crippen LogP contribution in [-0.2, 0) is 6.54 Å². The lowest BCUT2D eigenvalue weighted by atomic mass is 10.2. The Morgan fingerprint density at radius 3 is 2.83 bits per heavy atom. The molecule has 0 aliphatic carbocycles. The van der Waals surface area contributed by atoms with Crippen LogP contribution in [0.15, 0.2) is 53.2 Å². The fraction of sp³-hybridized carbons (Fsp3) is 0.143. The molecule has 0 amide bonds. The smallest absolute Gasteiger partial charge is 0.176 e. The van der Waals surface area contributed by atoms with E-state index in [2.05, 4.69) is 5.43 Å². The first-order valence-corrected chi connectivity index (χ1v) is 5.79. The van der Waals surface area contributed by atoms with Gasteiger partial charge in [0.25, 0.3) is 0 Å². The number of rotatable bonds is 4. The fourth-order valence-electron chi connectivity index (χ4n) is 1.95. The number of methoxy groups -OCH3 is 1. The minimum absolute atomic E-state index is 0.631. The highest BCUT2D eigenvalue weighted by molar-refractivity contribution is 5.83. The molecule has 18 heavy (non-hydrogen) atoms. The van der Waals surface area contributed by atoms with E-state index in [-0.39, 0.29) is 0 Å². The third kappa shape index (κ3) is 1.93. The third-order valence-corrected chi connectivity index (χ3v) is 2.82. The Hall–Kier alpha value is -2.36. The quantitative estimate of drug-likeness (QED) is 0.764. The molecule has 0 fully saturated rings. The van der Waals surface area contributed by atoms with E-state index in [1.165, 1.54) is 0 Å². The molecule has 0 bridgehead atoms. The largest absolute Gasteiger partial charge is 0.493 e. The number of benzene rings is 1. The zero-order valence-corrected chi connectivity index (χ0v) is 10.1. The molecule has 1 N–H and O–H groups in total. The second-order valence-corrected chi connectivity index (χ2v) is 4.02. The molecule has 4 heteroatoms. The van der Waals surface area contributed by atoms with Crippen molar-refractivity contribution in [3.05, 3.63) is 54.6 Å². The van der Waals surface area contributed by atoms with E-state index in [0.29, 0.717) is 6.54 Å². The lowest BCUT2D eigenvalue weighted by Crippen LogP contribution is -2.10. The molecule has 1 aromatic carbocycles. The van der Waals surface area contributed by atoms with Gasteiger partial charge in [0.05, 0.1) is 13.7 Å². The number of hydrogen-bond donors (Lipinski definition) is 1. The van der Waals surface area contributed by atoms with Crippen LogP contribution >= 0.6 is 0 Å². The average molecular weight is 242 g/mol. The molecule has 3 rings (SSSR count). The standard InChI is InChI=1S/C14H14N2O2/c1-17-13-6-4-5-11-9-12(18-14(11)13)10-15-16-7-2-3-8-16/h2-9,15H,10H2,1H3. The van der Waals surface area contributed by atoms with Crippen molar-refractivity contribution in [1.29, 1.82) is 0 Å². The fourth-order valence-corrected chi connectivity index (χ4v) is 1.95. The minimum atomic E-state index is 0.631. The minimum Gasteiger partial charge on any atom is -0.493 e. The summed E-state index contributed by atoms with van der Waals surface area (Å²) in [5, 5.41) is 1.05. The Morgan fingerprint density at radius 1 is 1.22 bits per heavy atom. The van der Waals surface area contributed by atoms with Crippen molar-refractivity contribution in [3.8, 4) is 5.75 Å². The second kappa shape index (κ2) is 4.49. The number of nitrogens with zero attached hydrogens (tertiary/aromatic N) is 1. The van der Waals surface area contributed by atoms with Gasteiger partial charge in [-0.25, -0.2) is 0 Å². The summed E-state index contributed by atoms with van der Waals surface area (Å²) in [6, 6.07) is 11.8. The number of fused-ring (bicyclic) bond motifs is 1. The van der Waals surface area contributed by atoms with Crippen LogP contribution in [0, 0.1) is 0 Å². The van der Waals surface area contributed by atoms with Gasteiger partial charge in [-0.15, -0.1) is 0 Å². The Bertz CT molecular complexity index is 641. The Kier molecular flexibility index (Phi) is 2.68. The van der Waals surface area contributed by atoms with Crippen molar-refractivity contribution >= 4 is 11.0 Å². The summed E-state index contributed by atoms with van der Waals surface area (Å²) in [5.74, 6) is 1.64. The van der Waals surface area contributed by atoms with E-state index in [0.717, 1.165) is 22.5 Å². The van der Waals surface area contributed by atoms with Crippen molar-refractivity contribution in [2.24, 2.45) is 0 Å². The zero-order valence-electron chi connectivity index (χ0n) is 10.1. The molecule has 4 nitrogen and oxygen atoms in total. The molecule has 92 valence electrons. The normalized spacial score (nSPS) is 10.7. The van der Waals surface area contributed by atoms with E-state index in [4.69, 9.17) is 9.15 Å². The van der Waals surface area contributed by atoms with E-state index >= 15 is 0 Å². The Labute approximate surface area is 105 Å². The van der Waals surface area contributed by atoms with Crippen LogP contribution < -0.4 is 10.2 Å². The van der Waals surface area contributed by atoms with Gasteiger partial charge in [-0.2, -0.15) is 0 Å².